The molecule has 1 aromatic rings. The van der Waals surface area contributed by atoms with E-state index in [0.29, 0.717) is 0 Å². The lowest BCUT2D eigenvalue weighted by Gasteiger charge is -2.27. The normalized spacial score (nSPS) is 11.8. The molecule has 0 saturated carbocycles. The number of carboxylic acid groups (broad SMARTS) is 1. The molecule has 1 amide bonds. The minimum atomic E-state index is -1.20. The van der Waals surface area contributed by atoms with Gasteiger partial charge < -0.3 is 19.9 Å². The summed E-state index contributed by atoms with van der Waals surface area (Å²) in [5.41, 5.74) is -1.23. The first kappa shape index (κ1) is 19.7. The number of halogens is 1. The minimum Gasteiger partial charge on any atom is -0.492 e. The van der Waals surface area contributed by atoms with Crippen molar-refractivity contribution in [1.82, 2.24) is 5.32 Å². The van der Waals surface area contributed by atoms with Gasteiger partial charge in [-0.05, 0) is 32.9 Å². The van der Waals surface area contributed by atoms with Crippen LogP contribution < -0.4 is 10.1 Å². The highest BCUT2D eigenvalue weighted by Crippen LogP contribution is 2.23. The van der Waals surface area contributed by atoms with E-state index in [4.69, 9.17) is 14.6 Å². The lowest BCUT2D eigenvalue weighted by molar-refractivity contribution is 0.0492. The lowest BCUT2D eigenvalue weighted by Crippen LogP contribution is -2.40. The largest absolute Gasteiger partial charge is 0.492 e. The first-order chi connectivity index (χ1) is 10.9. The molecule has 134 valence electrons. The number of hydrogen-bond acceptors (Lipinski definition) is 4. The van der Waals surface area contributed by atoms with Gasteiger partial charge in [0, 0.05) is 18.0 Å². The predicted octanol–water partition coefficient (Wildman–Crippen LogP) is 3.45. The number of amides is 1. The molecule has 0 heterocycles. The van der Waals surface area contributed by atoms with Gasteiger partial charge in [-0.3, -0.25) is 0 Å². The van der Waals surface area contributed by atoms with Gasteiger partial charge in [0.05, 0.1) is 6.61 Å². The second-order valence-corrected chi connectivity index (χ2v) is 7.25. The van der Waals surface area contributed by atoms with Crippen LogP contribution >= 0.6 is 0 Å². The van der Waals surface area contributed by atoms with Crippen molar-refractivity contribution in [1.29, 1.82) is 0 Å². The topological polar surface area (TPSA) is 84.9 Å². The third-order valence-corrected chi connectivity index (χ3v) is 2.90. The highest BCUT2D eigenvalue weighted by Gasteiger charge is 2.24. The molecule has 0 spiro atoms. The zero-order chi connectivity index (χ0) is 18.5. The molecule has 0 aliphatic rings. The molecule has 24 heavy (non-hydrogen) atoms. The van der Waals surface area contributed by atoms with Crippen LogP contribution in [0.1, 0.15) is 45.0 Å². The summed E-state index contributed by atoms with van der Waals surface area (Å²) >= 11 is 0. The van der Waals surface area contributed by atoms with Crippen LogP contribution in [0.15, 0.2) is 18.2 Å². The van der Waals surface area contributed by atoms with Crippen molar-refractivity contribution in [3.8, 4) is 5.75 Å². The zero-order valence-electron chi connectivity index (χ0n) is 14.6. The average molecular weight is 341 g/mol. The molecular weight excluding hydrogens is 317 g/mol. The van der Waals surface area contributed by atoms with Crippen LogP contribution in [0.4, 0.5) is 9.18 Å². The highest BCUT2D eigenvalue weighted by molar-refractivity contribution is 5.90. The second-order valence-electron chi connectivity index (χ2n) is 7.25. The molecule has 0 aromatic heterocycles. The van der Waals surface area contributed by atoms with E-state index in [2.05, 4.69) is 5.32 Å². The van der Waals surface area contributed by atoms with E-state index in [0.717, 1.165) is 18.2 Å². The van der Waals surface area contributed by atoms with Crippen LogP contribution in [-0.4, -0.2) is 35.9 Å². The average Bonchev–Trinajstić information content (AvgIpc) is 2.41. The lowest BCUT2D eigenvalue weighted by atomic mass is 9.95. The Kier molecular flexibility index (Phi) is 6.17. The smallest absolute Gasteiger partial charge is 0.407 e. The van der Waals surface area contributed by atoms with Gasteiger partial charge in [-0.1, -0.05) is 13.8 Å². The molecule has 1 rings (SSSR count). The van der Waals surface area contributed by atoms with E-state index in [-0.39, 0.29) is 24.5 Å². The summed E-state index contributed by atoms with van der Waals surface area (Å²) in [6, 6.07) is 3.24. The Balaban J connectivity index is 2.64. The van der Waals surface area contributed by atoms with Crippen molar-refractivity contribution in [2.75, 3.05) is 13.2 Å². The van der Waals surface area contributed by atoms with E-state index in [1.807, 2.05) is 13.8 Å². The first-order valence-electron chi connectivity index (χ1n) is 7.52. The number of carboxylic acids is 1. The number of carbonyl (C=O) groups is 2. The van der Waals surface area contributed by atoms with Crippen LogP contribution in [0.25, 0.3) is 0 Å². The number of alkyl carbamates (subject to hydrolysis) is 1. The molecule has 0 atom stereocenters. The Morgan fingerprint density at radius 3 is 2.38 bits per heavy atom. The Labute approximate surface area is 141 Å². The summed E-state index contributed by atoms with van der Waals surface area (Å²) in [5, 5.41) is 11.7. The third-order valence-electron chi connectivity index (χ3n) is 2.90. The number of rotatable bonds is 6. The van der Waals surface area contributed by atoms with Crippen molar-refractivity contribution >= 4 is 12.1 Å². The van der Waals surface area contributed by atoms with Gasteiger partial charge in [-0.15, -0.1) is 0 Å². The van der Waals surface area contributed by atoms with Crippen molar-refractivity contribution in [2.24, 2.45) is 5.41 Å². The number of carbonyl (C=O) groups excluding carboxylic acids is 1. The molecule has 7 heteroatoms. The van der Waals surface area contributed by atoms with Gasteiger partial charge >= 0.3 is 12.1 Å². The summed E-state index contributed by atoms with van der Waals surface area (Å²) in [7, 11) is 0. The Hall–Kier alpha value is -2.31. The molecule has 0 aliphatic carbocycles. The van der Waals surface area contributed by atoms with E-state index in [1.165, 1.54) is 0 Å². The quantitative estimate of drug-likeness (QED) is 0.828. The van der Waals surface area contributed by atoms with Crippen molar-refractivity contribution < 1.29 is 28.6 Å². The molecule has 0 radical (unpaired) electrons. The van der Waals surface area contributed by atoms with E-state index < -0.39 is 28.9 Å². The van der Waals surface area contributed by atoms with Crippen molar-refractivity contribution in [2.45, 2.75) is 40.2 Å². The van der Waals surface area contributed by atoms with Gasteiger partial charge in [0.1, 0.15) is 22.7 Å². The minimum absolute atomic E-state index is 0.0483. The Morgan fingerprint density at radius 1 is 1.21 bits per heavy atom. The maximum atomic E-state index is 13.3. The standard InChI is InChI=1S/C17H24FNO5/c1-16(2,3)24-15(22)19-9-17(4,5)10-23-13-8-11(18)6-7-12(13)14(20)21/h6-8H,9-10H2,1-5H3,(H,19,22)(H,20,21). The fourth-order valence-electron chi connectivity index (χ4n) is 1.74. The molecule has 2 N–H and O–H groups in total. The number of aromatic carboxylic acids is 1. The Morgan fingerprint density at radius 2 is 1.83 bits per heavy atom. The molecule has 0 bridgehead atoms. The van der Waals surface area contributed by atoms with Crippen molar-refractivity contribution in [3.63, 3.8) is 0 Å². The monoisotopic (exact) mass is 341 g/mol. The van der Waals surface area contributed by atoms with E-state index in [9.17, 15) is 14.0 Å². The summed E-state index contributed by atoms with van der Waals surface area (Å²) in [4.78, 5) is 22.8. The summed E-state index contributed by atoms with van der Waals surface area (Å²) in [6.45, 7) is 9.27. The molecule has 6 nitrogen and oxygen atoms in total. The van der Waals surface area contributed by atoms with E-state index >= 15 is 0 Å². The van der Waals surface area contributed by atoms with Crippen LogP contribution in [-0.2, 0) is 4.74 Å². The number of benzene rings is 1. The second kappa shape index (κ2) is 7.51. The maximum Gasteiger partial charge on any atom is 0.407 e. The third kappa shape index (κ3) is 6.85. The number of nitrogens with one attached hydrogen (secondary N) is 1. The number of ether oxygens (including phenoxy) is 2. The van der Waals surface area contributed by atoms with Crippen molar-refractivity contribution in [3.05, 3.63) is 29.6 Å². The van der Waals surface area contributed by atoms with Crippen LogP contribution in [0, 0.1) is 11.2 Å². The van der Waals surface area contributed by atoms with Crippen LogP contribution in [0.3, 0.4) is 0 Å². The molecule has 0 aliphatic heterocycles. The SMILES string of the molecule is CC(C)(CNC(=O)OC(C)(C)C)COc1cc(F)ccc1C(=O)O. The highest BCUT2D eigenvalue weighted by atomic mass is 19.1. The first-order valence-corrected chi connectivity index (χ1v) is 7.52. The predicted molar refractivity (Wildman–Crippen MR) is 86.9 cm³/mol. The fourth-order valence-corrected chi connectivity index (χ4v) is 1.74. The number of hydrogen-bond donors (Lipinski definition) is 2. The Bertz CT molecular complexity index is 607. The summed E-state index contributed by atoms with van der Waals surface area (Å²) in [5.74, 6) is -1.83. The van der Waals surface area contributed by atoms with Gasteiger partial charge in [-0.2, -0.15) is 0 Å². The summed E-state index contributed by atoms with van der Waals surface area (Å²) in [6.07, 6.45) is -0.549. The van der Waals surface area contributed by atoms with Crippen LogP contribution in [0.2, 0.25) is 0 Å². The van der Waals surface area contributed by atoms with Gasteiger partial charge in [-0.25, -0.2) is 14.0 Å². The van der Waals surface area contributed by atoms with Gasteiger partial charge in [0.15, 0.2) is 0 Å². The zero-order valence-corrected chi connectivity index (χ0v) is 14.6. The molecule has 0 unspecified atom stereocenters. The van der Waals surface area contributed by atoms with E-state index in [1.54, 1.807) is 20.8 Å². The van der Waals surface area contributed by atoms with Crippen LogP contribution in [0.5, 0.6) is 5.75 Å². The molecule has 0 fully saturated rings. The molecular formula is C17H24FNO5. The van der Waals surface area contributed by atoms with Gasteiger partial charge in [0.2, 0.25) is 0 Å². The maximum absolute atomic E-state index is 13.3. The molecule has 1 aromatic carbocycles. The molecule has 0 saturated heterocycles. The fraction of sp³-hybridized carbons (Fsp3) is 0.529. The summed E-state index contributed by atoms with van der Waals surface area (Å²) < 4.78 is 23.9. The van der Waals surface area contributed by atoms with Gasteiger partial charge in [0.25, 0.3) is 0 Å².